The lowest BCUT2D eigenvalue weighted by Crippen LogP contribution is -2.15. The van der Waals surface area contributed by atoms with E-state index in [1.165, 1.54) is 6.08 Å². The van der Waals surface area contributed by atoms with Crippen LogP contribution in [0.3, 0.4) is 0 Å². The zero-order valence-corrected chi connectivity index (χ0v) is 7.55. The second-order valence-electron chi connectivity index (χ2n) is 2.68. The minimum Gasteiger partial charge on any atom is -0.510 e. The van der Waals surface area contributed by atoms with Crippen LogP contribution in [0.25, 0.3) is 0 Å². The monoisotopic (exact) mass is 191 g/mol. The van der Waals surface area contributed by atoms with Gasteiger partial charge in [0.15, 0.2) is 0 Å². The van der Waals surface area contributed by atoms with Crippen LogP contribution >= 0.6 is 12.4 Å². The van der Waals surface area contributed by atoms with Crippen molar-refractivity contribution < 1.29 is 10.2 Å². The van der Waals surface area contributed by atoms with Crippen molar-refractivity contribution in [2.75, 3.05) is 6.54 Å². The van der Waals surface area contributed by atoms with Crippen molar-refractivity contribution in [1.29, 1.82) is 0 Å². The number of halogens is 1. The van der Waals surface area contributed by atoms with E-state index in [9.17, 15) is 5.11 Å². The van der Waals surface area contributed by atoms with Gasteiger partial charge in [0.25, 0.3) is 0 Å². The average molecular weight is 192 g/mol. The van der Waals surface area contributed by atoms with Crippen LogP contribution in [0.2, 0.25) is 0 Å². The van der Waals surface area contributed by atoms with Crippen molar-refractivity contribution in [2.45, 2.75) is 18.9 Å². The molecule has 0 saturated heterocycles. The van der Waals surface area contributed by atoms with Crippen LogP contribution in [0.15, 0.2) is 23.5 Å². The van der Waals surface area contributed by atoms with Crippen molar-refractivity contribution in [3.05, 3.63) is 23.5 Å². The maximum Gasteiger partial charge on any atom is 0.121 e. The first-order chi connectivity index (χ1) is 5.24. The van der Waals surface area contributed by atoms with Crippen LogP contribution in [0, 0.1) is 0 Å². The molecule has 1 unspecified atom stereocenters. The minimum absolute atomic E-state index is 0. The zero-order chi connectivity index (χ0) is 8.27. The molecule has 1 atom stereocenters. The van der Waals surface area contributed by atoms with Crippen LogP contribution in [0.1, 0.15) is 12.8 Å². The van der Waals surface area contributed by atoms with E-state index in [0.717, 1.165) is 12.0 Å². The van der Waals surface area contributed by atoms with Gasteiger partial charge in [0.05, 0.1) is 0 Å². The molecular formula is C8H14ClNO2. The second-order valence-corrected chi connectivity index (χ2v) is 2.68. The SMILES string of the molecule is Cl.NCCC1=CC=C(O)C(O)C1. The number of aliphatic hydroxyl groups excluding tert-OH is 2. The highest BCUT2D eigenvalue weighted by molar-refractivity contribution is 5.85. The van der Waals surface area contributed by atoms with Crippen molar-refractivity contribution >= 4 is 12.4 Å². The molecule has 4 heteroatoms. The predicted molar refractivity (Wildman–Crippen MR) is 50.3 cm³/mol. The van der Waals surface area contributed by atoms with Crippen LogP contribution in [0.4, 0.5) is 0 Å². The molecule has 70 valence electrons. The number of nitrogens with two attached hydrogens (primary N) is 1. The Balaban J connectivity index is 0.00000121. The van der Waals surface area contributed by atoms with Crippen LogP contribution < -0.4 is 5.73 Å². The first-order valence-electron chi connectivity index (χ1n) is 3.70. The zero-order valence-electron chi connectivity index (χ0n) is 6.73. The van der Waals surface area contributed by atoms with Crippen molar-refractivity contribution in [2.24, 2.45) is 5.73 Å². The maximum absolute atomic E-state index is 9.17. The molecule has 0 aromatic carbocycles. The number of aliphatic hydroxyl groups is 2. The summed E-state index contributed by atoms with van der Waals surface area (Å²) in [6.07, 6.45) is 3.93. The van der Waals surface area contributed by atoms with E-state index in [-0.39, 0.29) is 18.2 Å². The quantitative estimate of drug-likeness (QED) is 0.608. The van der Waals surface area contributed by atoms with Gasteiger partial charge in [-0.25, -0.2) is 0 Å². The van der Waals surface area contributed by atoms with Crippen LogP contribution in [0.5, 0.6) is 0 Å². The Morgan fingerprint density at radius 2 is 2.17 bits per heavy atom. The predicted octanol–water partition coefficient (Wildman–Crippen LogP) is 0.890. The van der Waals surface area contributed by atoms with E-state index in [2.05, 4.69) is 0 Å². The Bertz CT molecular complexity index is 201. The highest BCUT2D eigenvalue weighted by Crippen LogP contribution is 2.18. The lowest BCUT2D eigenvalue weighted by molar-refractivity contribution is 0.150. The first-order valence-corrected chi connectivity index (χ1v) is 3.70. The fourth-order valence-corrected chi connectivity index (χ4v) is 1.11. The lowest BCUT2D eigenvalue weighted by atomic mass is 9.99. The van der Waals surface area contributed by atoms with E-state index in [4.69, 9.17) is 10.8 Å². The van der Waals surface area contributed by atoms with Gasteiger partial charge in [0.1, 0.15) is 11.9 Å². The Hall–Kier alpha value is -0.510. The van der Waals surface area contributed by atoms with Gasteiger partial charge in [-0.2, -0.15) is 0 Å². The van der Waals surface area contributed by atoms with E-state index in [1.54, 1.807) is 0 Å². The van der Waals surface area contributed by atoms with Crippen LogP contribution in [-0.4, -0.2) is 22.9 Å². The molecule has 4 N–H and O–H groups in total. The number of rotatable bonds is 2. The normalized spacial score (nSPS) is 22.3. The topological polar surface area (TPSA) is 66.5 Å². The molecule has 0 saturated carbocycles. The molecule has 0 aliphatic heterocycles. The number of hydrogen-bond acceptors (Lipinski definition) is 3. The average Bonchev–Trinajstić information content (AvgIpc) is 1.98. The molecule has 0 radical (unpaired) electrons. The molecule has 1 aliphatic carbocycles. The second kappa shape index (κ2) is 5.19. The number of hydrogen-bond donors (Lipinski definition) is 3. The fraction of sp³-hybridized carbons (Fsp3) is 0.500. The largest absolute Gasteiger partial charge is 0.510 e. The summed E-state index contributed by atoms with van der Waals surface area (Å²) in [6, 6.07) is 0. The molecule has 12 heavy (non-hydrogen) atoms. The van der Waals surface area contributed by atoms with Gasteiger partial charge in [-0.05, 0) is 19.0 Å². The molecule has 3 nitrogen and oxygen atoms in total. The van der Waals surface area contributed by atoms with Crippen molar-refractivity contribution in [3.63, 3.8) is 0 Å². The third kappa shape index (κ3) is 2.85. The van der Waals surface area contributed by atoms with Crippen LogP contribution in [-0.2, 0) is 0 Å². The van der Waals surface area contributed by atoms with E-state index < -0.39 is 6.10 Å². The molecule has 0 spiro atoms. The van der Waals surface area contributed by atoms with Gasteiger partial charge in [-0.1, -0.05) is 11.6 Å². The van der Waals surface area contributed by atoms with E-state index in [0.29, 0.717) is 13.0 Å². The summed E-state index contributed by atoms with van der Waals surface area (Å²) in [6.45, 7) is 0.590. The van der Waals surface area contributed by atoms with Gasteiger partial charge in [-0.3, -0.25) is 0 Å². The Labute approximate surface area is 78.0 Å². The summed E-state index contributed by atoms with van der Waals surface area (Å²) in [5, 5.41) is 18.2. The molecular weight excluding hydrogens is 178 g/mol. The molecule has 0 heterocycles. The molecule has 1 rings (SSSR count). The summed E-state index contributed by atoms with van der Waals surface area (Å²) >= 11 is 0. The van der Waals surface area contributed by atoms with Gasteiger partial charge < -0.3 is 15.9 Å². The molecule has 0 fully saturated rings. The summed E-state index contributed by atoms with van der Waals surface area (Å²) in [4.78, 5) is 0. The molecule has 0 aromatic rings. The maximum atomic E-state index is 9.17. The Morgan fingerprint density at radius 1 is 1.50 bits per heavy atom. The highest BCUT2D eigenvalue weighted by atomic mass is 35.5. The summed E-state index contributed by atoms with van der Waals surface area (Å²) in [5.41, 5.74) is 6.43. The molecule has 1 aliphatic rings. The molecule has 0 aromatic heterocycles. The smallest absolute Gasteiger partial charge is 0.121 e. The Morgan fingerprint density at radius 3 is 2.67 bits per heavy atom. The lowest BCUT2D eigenvalue weighted by Gasteiger charge is -2.15. The number of allylic oxidation sites excluding steroid dienone is 2. The molecule has 0 amide bonds. The highest BCUT2D eigenvalue weighted by Gasteiger charge is 2.14. The third-order valence-corrected chi connectivity index (χ3v) is 1.75. The minimum atomic E-state index is -0.721. The first kappa shape index (κ1) is 11.5. The van der Waals surface area contributed by atoms with Crippen molar-refractivity contribution in [1.82, 2.24) is 0 Å². The van der Waals surface area contributed by atoms with Crippen molar-refractivity contribution in [3.8, 4) is 0 Å². The Kier molecular flexibility index (Phi) is 4.97. The van der Waals surface area contributed by atoms with Gasteiger partial charge in [0.2, 0.25) is 0 Å². The van der Waals surface area contributed by atoms with Gasteiger partial charge in [0, 0.05) is 6.42 Å². The van der Waals surface area contributed by atoms with Gasteiger partial charge in [-0.15, -0.1) is 12.4 Å². The van der Waals surface area contributed by atoms with E-state index >= 15 is 0 Å². The summed E-state index contributed by atoms with van der Waals surface area (Å²) in [7, 11) is 0. The summed E-state index contributed by atoms with van der Waals surface area (Å²) in [5.74, 6) is 0.0470. The fourth-order valence-electron chi connectivity index (χ4n) is 1.11. The van der Waals surface area contributed by atoms with Gasteiger partial charge >= 0.3 is 0 Å². The standard InChI is InChI=1S/C8H13NO2.ClH/c9-4-3-6-1-2-7(10)8(11)5-6;/h1-2,8,10-11H,3-5,9H2;1H. The van der Waals surface area contributed by atoms with E-state index in [1.807, 2.05) is 6.08 Å². The summed E-state index contributed by atoms with van der Waals surface area (Å²) < 4.78 is 0. The molecule has 0 bridgehead atoms. The third-order valence-electron chi connectivity index (χ3n) is 1.75.